The molecule has 1 N–H and O–H groups in total. The van der Waals surface area contributed by atoms with E-state index in [1.54, 1.807) is 24.3 Å². The number of aliphatic carboxylic acids is 1. The van der Waals surface area contributed by atoms with Crippen LogP contribution >= 0.6 is 0 Å². The number of carboxylic acids is 1. The quantitative estimate of drug-likeness (QED) is 0.606. The number of halogens is 1. The molecule has 3 aromatic carbocycles. The summed E-state index contributed by atoms with van der Waals surface area (Å²) in [5.74, 6) is -0.741. The van der Waals surface area contributed by atoms with Crippen LogP contribution in [0.2, 0.25) is 0 Å². The lowest BCUT2D eigenvalue weighted by Gasteiger charge is -2.26. The number of hydrogen-bond donors (Lipinski definition) is 1. The van der Waals surface area contributed by atoms with Crippen LogP contribution in [-0.4, -0.2) is 16.7 Å². The zero-order chi connectivity index (χ0) is 20.0. The van der Waals surface area contributed by atoms with Crippen molar-refractivity contribution < 1.29 is 23.8 Å². The molecule has 1 unspecified atom stereocenters. The van der Waals surface area contributed by atoms with E-state index >= 15 is 0 Å². The van der Waals surface area contributed by atoms with Crippen LogP contribution < -0.4 is 9.47 Å². The molecule has 4 nitrogen and oxygen atoms in total. The van der Waals surface area contributed by atoms with Crippen LogP contribution in [0.1, 0.15) is 18.1 Å². The number of rotatable bonds is 8. The van der Waals surface area contributed by atoms with E-state index in [4.69, 9.17) is 9.47 Å². The van der Waals surface area contributed by atoms with Gasteiger partial charge in [0.05, 0.1) is 0 Å². The number of benzene rings is 3. The van der Waals surface area contributed by atoms with Crippen molar-refractivity contribution >= 4 is 5.97 Å². The Balaban J connectivity index is 1.67. The van der Waals surface area contributed by atoms with Gasteiger partial charge in [-0.05, 0) is 42.3 Å². The molecule has 0 bridgehead atoms. The fraction of sp³-hybridized carbons (Fsp3) is 0.174. The topological polar surface area (TPSA) is 55.8 Å². The second kappa shape index (κ2) is 8.57. The van der Waals surface area contributed by atoms with Crippen molar-refractivity contribution in [1.29, 1.82) is 0 Å². The summed E-state index contributed by atoms with van der Waals surface area (Å²) in [6.07, 6.45) is 0.123. The number of carboxylic acid groups (broad SMARTS) is 1. The minimum absolute atomic E-state index is 0.123. The average molecular weight is 380 g/mol. The molecular formula is C23H21FO4. The van der Waals surface area contributed by atoms with Crippen molar-refractivity contribution in [2.45, 2.75) is 25.6 Å². The van der Waals surface area contributed by atoms with E-state index in [0.717, 1.165) is 11.1 Å². The molecule has 0 saturated heterocycles. The monoisotopic (exact) mass is 380 g/mol. The van der Waals surface area contributed by atoms with Gasteiger partial charge in [-0.1, -0.05) is 48.5 Å². The van der Waals surface area contributed by atoms with Gasteiger partial charge in [0.25, 0.3) is 0 Å². The molecule has 1 atom stereocenters. The van der Waals surface area contributed by atoms with Gasteiger partial charge >= 0.3 is 5.97 Å². The molecule has 144 valence electrons. The van der Waals surface area contributed by atoms with E-state index in [2.05, 4.69) is 0 Å². The molecule has 0 spiro atoms. The van der Waals surface area contributed by atoms with Gasteiger partial charge in [-0.2, -0.15) is 0 Å². The smallest absolute Gasteiger partial charge is 0.348 e. The SMILES string of the molecule is CC(Cc1ccc(OCc2ccccc2)cc1)(Oc1cccc(F)c1)C(=O)O. The van der Waals surface area contributed by atoms with Gasteiger partial charge in [-0.3, -0.25) is 0 Å². The van der Waals surface area contributed by atoms with E-state index in [9.17, 15) is 14.3 Å². The minimum Gasteiger partial charge on any atom is -0.489 e. The summed E-state index contributed by atoms with van der Waals surface area (Å²) in [6.45, 7) is 1.93. The molecule has 0 fully saturated rings. The molecule has 0 radical (unpaired) electrons. The van der Waals surface area contributed by atoms with E-state index in [1.165, 1.54) is 31.2 Å². The van der Waals surface area contributed by atoms with Gasteiger partial charge in [0.1, 0.15) is 23.9 Å². The van der Waals surface area contributed by atoms with Crippen LogP contribution in [0.3, 0.4) is 0 Å². The Hall–Kier alpha value is -3.34. The predicted molar refractivity (Wildman–Crippen MR) is 104 cm³/mol. The average Bonchev–Trinajstić information content (AvgIpc) is 2.68. The molecule has 28 heavy (non-hydrogen) atoms. The maximum atomic E-state index is 13.4. The largest absolute Gasteiger partial charge is 0.489 e. The van der Waals surface area contributed by atoms with Crippen LogP contribution in [0, 0.1) is 5.82 Å². The molecule has 3 rings (SSSR count). The summed E-state index contributed by atoms with van der Waals surface area (Å²) < 4.78 is 24.7. The van der Waals surface area contributed by atoms with Gasteiger partial charge in [0.15, 0.2) is 0 Å². The maximum absolute atomic E-state index is 13.4. The summed E-state index contributed by atoms with van der Waals surface area (Å²) in [4.78, 5) is 11.8. The third kappa shape index (κ3) is 5.10. The Kier molecular flexibility index (Phi) is 5.94. The first-order valence-corrected chi connectivity index (χ1v) is 8.88. The van der Waals surface area contributed by atoms with E-state index in [0.29, 0.717) is 12.4 Å². The van der Waals surface area contributed by atoms with Gasteiger partial charge in [-0.25, -0.2) is 9.18 Å². The van der Waals surface area contributed by atoms with Crippen molar-refractivity contribution in [3.8, 4) is 11.5 Å². The van der Waals surface area contributed by atoms with Gasteiger partial charge in [-0.15, -0.1) is 0 Å². The number of carbonyl (C=O) groups is 1. The fourth-order valence-corrected chi connectivity index (χ4v) is 2.78. The van der Waals surface area contributed by atoms with Crippen LogP contribution in [0.5, 0.6) is 11.5 Å². The molecule has 0 aliphatic heterocycles. The summed E-state index contributed by atoms with van der Waals surface area (Å²) in [6, 6.07) is 22.5. The summed E-state index contributed by atoms with van der Waals surface area (Å²) in [5, 5.41) is 9.65. The highest BCUT2D eigenvalue weighted by Crippen LogP contribution is 2.25. The Bertz CT molecular complexity index is 925. The summed E-state index contributed by atoms with van der Waals surface area (Å²) in [5.41, 5.74) is 0.308. The maximum Gasteiger partial charge on any atom is 0.348 e. The van der Waals surface area contributed by atoms with Crippen molar-refractivity contribution in [2.75, 3.05) is 0 Å². The van der Waals surface area contributed by atoms with Crippen LogP contribution in [0.4, 0.5) is 4.39 Å². The van der Waals surface area contributed by atoms with Crippen molar-refractivity contribution in [1.82, 2.24) is 0 Å². The van der Waals surface area contributed by atoms with Crippen LogP contribution in [-0.2, 0) is 17.8 Å². The fourth-order valence-electron chi connectivity index (χ4n) is 2.78. The number of ether oxygens (including phenoxy) is 2. The third-order valence-corrected chi connectivity index (χ3v) is 4.30. The van der Waals surface area contributed by atoms with Crippen molar-refractivity contribution in [3.63, 3.8) is 0 Å². The Labute approximate surface area is 163 Å². The van der Waals surface area contributed by atoms with E-state index < -0.39 is 17.4 Å². The lowest BCUT2D eigenvalue weighted by atomic mass is 9.96. The highest BCUT2D eigenvalue weighted by Gasteiger charge is 2.36. The van der Waals surface area contributed by atoms with Crippen LogP contribution in [0.25, 0.3) is 0 Å². The molecule has 0 amide bonds. The minimum atomic E-state index is -1.53. The number of hydrogen-bond acceptors (Lipinski definition) is 3. The zero-order valence-electron chi connectivity index (χ0n) is 15.5. The highest BCUT2D eigenvalue weighted by atomic mass is 19.1. The molecule has 0 aliphatic carbocycles. The highest BCUT2D eigenvalue weighted by molar-refractivity contribution is 5.78. The predicted octanol–water partition coefficient (Wildman–Crippen LogP) is 4.87. The molecule has 0 saturated carbocycles. The zero-order valence-corrected chi connectivity index (χ0v) is 15.5. The van der Waals surface area contributed by atoms with Crippen molar-refractivity contribution in [2.24, 2.45) is 0 Å². The first kappa shape index (κ1) is 19.4. The van der Waals surface area contributed by atoms with Crippen LogP contribution in [0.15, 0.2) is 78.9 Å². The lowest BCUT2D eigenvalue weighted by molar-refractivity contribution is -0.153. The van der Waals surface area contributed by atoms with Gasteiger partial charge in [0, 0.05) is 12.5 Å². The summed E-state index contributed by atoms with van der Waals surface area (Å²) >= 11 is 0. The Morgan fingerprint density at radius 3 is 2.29 bits per heavy atom. The summed E-state index contributed by atoms with van der Waals surface area (Å²) in [7, 11) is 0. The first-order valence-electron chi connectivity index (χ1n) is 8.88. The van der Waals surface area contributed by atoms with E-state index in [-0.39, 0.29) is 12.2 Å². The van der Waals surface area contributed by atoms with E-state index in [1.807, 2.05) is 30.3 Å². The Morgan fingerprint density at radius 2 is 1.64 bits per heavy atom. The normalized spacial score (nSPS) is 12.8. The van der Waals surface area contributed by atoms with Crippen molar-refractivity contribution in [3.05, 3.63) is 95.8 Å². The van der Waals surface area contributed by atoms with Gasteiger partial charge < -0.3 is 14.6 Å². The molecule has 0 heterocycles. The van der Waals surface area contributed by atoms with Gasteiger partial charge in [0.2, 0.25) is 5.60 Å². The lowest BCUT2D eigenvalue weighted by Crippen LogP contribution is -2.43. The molecule has 0 aromatic heterocycles. The molecular weight excluding hydrogens is 359 g/mol. The molecule has 5 heteroatoms. The molecule has 3 aromatic rings. The molecule has 0 aliphatic rings. The second-order valence-corrected chi connectivity index (χ2v) is 6.69. The third-order valence-electron chi connectivity index (χ3n) is 4.30. The first-order chi connectivity index (χ1) is 13.4. The Morgan fingerprint density at radius 1 is 0.929 bits per heavy atom. The second-order valence-electron chi connectivity index (χ2n) is 6.69. The standard InChI is InChI=1S/C23H21FO4/c1-23(22(25)26,28-21-9-5-8-19(24)14-21)15-17-10-12-20(13-11-17)27-16-18-6-3-2-4-7-18/h2-14H,15-16H2,1H3,(H,25,26).